The van der Waals surface area contributed by atoms with Gasteiger partial charge >= 0.3 is 18.2 Å². The van der Waals surface area contributed by atoms with E-state index in [-0.39, 0.29) is 31.6 Å². The molecule has 0 unspecified atom stereocenters. The predicted molar refractivity (Wildman–Crippen MR) is 127 cm³/mol. The lowest BCUT2D eigenvalue weighted by Crippen LogP contribution is -2.39. The smallest absolute Gasteiger partial charge is 0.416 e. The van der Waals surface area contributed by atoms with Crippen molar-refractivity contribution < 1.29 is 32.6 Å². The number of nitrogens with one attached hydrogen (secondary N) is 1. The van der Waals surface area contributed by atoms with Gasteiger partial charge in [0.15, 0.2) is 0 Å². The molecule has 0 aliphatic carbocycles. The summed E-state index contributed by atoms with van der Waals surface area (Å²) in [6.45, 7) is 2.01. The molecule has 3 rings (SSSR count). The Labute approximate surface area is 206 Å². The number of nitrogens with zero attached hydrogens (tertiary/aromatic N) is 2. The van der Waals surface area contributed by atoms with E-state index in [0.717, 1.165) is 12.1 Å². The normalized spacial score (nSPS) is 11.1. The largest absolute Gasteiger partial charge is 0.496 e. The summed E-state index contributed by atoms with van der Waals surface area (Å²) in [5.41, 5.74) is 1.33. The minimum atomic E-state index is -4.58. The molecule has 0 spiro atoms. The number of carbonyl (C=O) groups is 2. The molecule has 2 aromatic carbocycles. The van der Waals surface area contributed by atoms with Gasteiger partial charge in [-0.15, -0.1) is 0 Å². The van der Waals surface area contributed by atoms with E-state index in [2.05, 4.69) is 10.3 Å². The van der Waals surface area contributed by atoms with Crippen molar-refractivity contribution in [2.24, 2.45) is 0 Å². The van der Waals surface area contributed by atoms with Crippen molar-refractivity contribution in [2.45, 2.75) is 32.6 Å². The number of carboxylic acids is 1. The zero-order chi connectivity index (χ0) is 26.3. The number of urea groups is 1. The number of methoxy groups -OCH3 is 1. The number of hydrogen-bond acceptors (Lipinski definition) is 4. The summed E-state index contributed by atoms with van der Waals surface area (Å²) in [5.74, 6) is -0.673. The summed E-state index contributed by atoms with van der Waals surface area (Å²) in [6.07, 6.45) is -3.25. The number of aliphatic carboxylic acids is 1. The molecule has 0 bridgehead atoms. The van der Waals surface area contributed by atoms with Crippen molar-refractivity contribution in [1.29, 1.82) is 0 Å². The lowest BCUT2D eigenvalue weighted by Gasteiger charge is -2.24. The fourth-order valence-corrected chi connectivity index (χ4v) is 3.73. The van der Waals surface area contributed by atoms with Crippen LogP contribution in [0.1, 0.15) is 29.3 Å². The number of carboxylic acid groups (broad SMARTS) is 1. The van der Waals surface area contributed by atoms with Gasteiger partial charge in [0.25, 0.3) is 0 Å². The quantitative estimate of drug-likeness (QED) is 0.424. The number of alkyl halides is 3. The number of carbonyl (C=O) groups excluding carboxylic acids is 1. The Morgan fingerprint density at radius 1 is 1.08 bits per heavy atom. The maximum absolute atomic E-state index is 13.6. The highest BCUT2D eigenvalue weighted by atomic mass is 19.4. The van der Waals surface area contributed by atoms with E-state index < -0.39 is 23.7 Å². The minimum absolute atomic E-state index is 0.115. The fourth-order valence-electron chi connectivity index (χ4n) is 3.73. The second kappa shape index (κ2) is 11.6. The van der Waals surface area contributed by atoms with Crippen LogP contribution in [0.25, 0.3) is 11.1 Å². The number of aromatic nitrogens is 1. The van der Waals surface area contributed by atoms with Gasteiger partial charge in [0, 0.05) is 24.8 Å². The molecule has 1 aromatic heterocycles. The van der Waals surface area contributed by atoms with Crippen LogP contribution in [0.4, 0.5) is 18.0 Å². The van der Waals surface area contributed by atoms with Crippen molar-refractivity contribution in [1.82, 2.24) is 15.2 Å². The van der Waals surface area contributed by atoms with Crippen LogP contribution < -0.4 is 10.1 Å². The van der Waals surface area contributed by atoms with Crippen LogP contribution in [-0.2, 0) is 30.5 Å². The van der Waals surface area contributed by atoms with Gasteiger partial charge in [0.1, 0.15) is 5.75 Å². The maximum atomic E-state index is 13.6. The first-order chi connectivity index (χ1) is 17.1. The molecular formula is C26H26F3N3O4. The standard InChI is InChI=1S/C26H26F3N3O4/c1-3-32(25(35)31-15-20-6-4-5-11-30-20)16-18-14-19(26(27,28)29)8-9-21(18)22-12-17(13-24(33)34)7-10-23(22)36-2/h4-12,14H,3,13,15-16H2,1-2H3,(H,31,35)(H,33,34). The highest BCUT2D eigenvalue weighted by Gasteiger charge is 2.31. The maximum Gasteiger partial charge on any atom is 0.416 e. The summed E-state index contributed by atoms with van der Waals surface area (Å²) in [6, 6.07) is 12.8. The van der Waals surface area contributed by atoms with E-state index >= 15 is 0 Å². The molecule has 0 saturated carbocycles. The summed E-state index contributed by atoms with van der Waals surface area (Å²) in [4.78, 5) is 29.6. The molecule has 1 heterocycles. The number of amides is 2. The van der Waals surface area contributed by atoms with E-state index in [9.17, 15) is 22.8 Å². The van der Waals surface area contributed by atoms with E-state index in [4.69, 9.17) is 9.84 Å². The first-order valence-electron chi connectivity index (χ1n) is 11.1. The monoisotopic (exact) mass is 501 g/mol. The Morgan fingerprint density at radius 3 is 2.47 bits per heavy atom. The van der Waals surface area contributed by atoms with Crippen molar-refractivity contribution in [3.63, 3.8) is 0 Å². The Morgan fingerprint density at radius 2 is 1.86 bits per heavy atom. The molecule has 0 radical (unpaired) electrons. The van der Waals surface area contributed by atoms with Crippen molar-refractivity contribution >= 4 is 12.0 Å². The molecule has 0 fully saturated rings. The number of rotatable bonds is 9. The summed E-state index contributed by atoms with van der Waals surface area (Å²) in [7, 11) is 1.42. The van der Waals surface area contributed by atoms with E-state index in [1.54, 1.807) is 49.5 Å². The van der Waals surface area contributed by atoms with Gasteiger partial charge in [-0.1, -0.05) is 18.2 Å². The Bertz CT molecular complexity index is 1220. The molecule has 3 aromatic rings. The summed E-state index contributed by atoms with van der Waals surface area (Å²) in [5, 5.41) is 11.9. The van der Waals surface area contributed by atoms with Crippen LogP contribution in [0.2, 0.25) is 0 Å². The van der Waals surface area contributed by atoms with Gasteiger partial charge < -0.3 is 20.1 Å². The molecule has 36 heavy (non-hydrogen) atoms. The van der Waals surface area contributed by atoms with E-state index in [1.165, 1.54) is 18.1 Å². The second-order valence-electron chi connectivity index (χ2n) is 7.97. The molecule has 0 atom stereocenters. The van der Waals surface area contributed by atoms with Crippen LogP contribution in [0.5, 0.6) is 5.75 Å². The number of ether oxygens (including phenoxy) is 1. The predicted octanol–water partition coefficient (Wildman–Crippen LogP) is 5.13. The zero-order valence-corrected chi connectivity index (χ0v) is 19.8. The Balaban J connectivity index is 1.99. The SMILES string of the molecule is CCN(Cc1cc(C(F)(F)F)ccc1-c1cc(CC(=O)O)ccc1OC)C(=O)NCc1ccccn1. The fraction of sp³-hybridized carbons (Fsp3) is 0.269. The molecule has 0 aliphatic rings. The average molecular weight is 502 g/mol. The van der Waals surface area contributed by atoms with E-state index in [0.29, 0.717) is 28.1 Å². The number of halogens is 3. The Kier molecular flexibility index (Phi) is 8.52. The van der Waals surface area contributed by atoms with Crippen molar-refractivity contribution in [3.8, 4) is 16.9 Å². The highest BCUT2D eigenvalue weighted by Crippen LogP contribution is 2.38. The van der Waals surface area contributed by atoms with Crippen LogP contribution >= 0.6 is 0 Å². The molecular weight excluding hydrogens is 475 g/mol. The number of pyridine rings is 1. The molecule has 190 valence electrons. The van der Waals surface area contributed by atoms with Crippen molar-refractivity contribution in [2.75, 3.05) is 13.7 Å². The van der Waals surface area contributed by atoms with Gasteiger partial charge in [0.2, 0.25) is 0 Å². The van der Waals surface area contributed by atoms with Crippen LogP contribution in [0.15, 0.2) is 60.8 Å². The van der Waals surface area contributed by atoms with E-state index in [1.807, 2.05) is 0 Å². The van der Waals surface area contributed by atoms with Gasteiger partial charge in [-0.05, 0) is 60.0 Å². The van der Waals surface area contributed by atoms with Crippen molar-refractivity contribution in [3.05, 3.63) is 83.2 Å². The zero-order valence-electron chi connectivity index (χ0n) is 19.8. The van der Waals surface area contributed by atoms with Crippen LogP contribution in [-0.4, -0.2) is 40.6 Å². The van der Waals surface area contributed by atoms with Gasteiger partial charge in [-0.3, -0.25) is 9.78 Å². The lowest BCUT2D eigenvalue weighted by atomic mass is 9.94. The summed E-state index contributed by atoms with van der Waals surface area (Å²) < 4.78 is 46.1. The molecule has 2 N–H and O–H groups in total. The van der Waals surface area contributed by atoms with Gasteiger partial charge in [-0.25, -0.2) is 4.79 Å². The third-order valence-corrected chi connectivity index (χ3v) is 5.52. The first kappa shape index (κ1) is 26.5. The molecule has 0 saturated heterocycles. The summed E-state index contributed by atoms with van der Waals surface area (Å²) >= 11 is 0. The highest BCUT2D eigenvalue weighted by molar-refractivity contribution is 5.78. The number of hydrogen-bond donors (Lipinski definition) is 2. The van der Waals surface area contributed by atoms with Gasteiger partial charge in [-0.2, -0.15) is 13.2 Å². The topological polar surface area (TPSA) is 91.8 Å². The molecule has 10 heteroatoms. The van der Waals surface area contributed by atoms with Crippen LogP contribution in [0.3, 0.4) is 0 Å². The Hall–Kier alpha value is -4.08. The lowest BCUT2D eigenvalue weighted by molar-refractivity contribution is -0.138. The molecule has 7 nitrogen and oxygen atoms in total. The third kappa shape index (κ3) is 6.74. The number of benzene rings is 2. The average Bonchev–Trinajstić information content (AvgIpc) is 2.85. The second-order valence-corrected chi connectivity index (χ2v) is 7.97. The van der Waals surface area contributed by atoms with Crippen LogP contribution in [0, 0.1) is 0 Å². The molecule has 0 aliphatic heterocycles. The minimum Gasteiger partial charge on any atom is -0.496 e. The first-order valence-corrected chi connectivity index (χ1v) is 11.1. The van der Waals surface area contributed by atoms with Gasteiger partial charge in [0.05, 0.1) is 31.3 Å². The molecule has 2 amide bonds. The third-order valence-electron chi connectivity index (χ3n) is 5.52.